The molecule has 1 nitrogen and oxygen atoms in total. The Hall–Kier alpha value is -0.540. The summed E-state index contributed by atoms with van der Waals surface area (Å²) in [6, 6.07) is 5.09. The van der Waals surface area contributed by atoms with Gasteiger partial charge in [-0.15, -0.1) is 0 Å². The van der Waals surface area contributed by atoms with Gasteiger partial charge in [0.05, 0.1) is 0 Å². The highest BCUT2D eigenvalue weighted by Gasteiger charge is 2.08. The van der Waals surface area contributed by atoms with Crippen molar-refractivity contribution in [2.45, 2.75) is 38.3 Å². The van der Waals surface area contributed by atoms with Crippen molar-refractivity contribution in [3.63, 3.8) is 0 Å². The van der Waals surface area contributed by atoms with Crippen LogP contribution in [-0.4, -0.2) is 5.25 Å². The number of nitrogens with two attached hydrogens (primary N) is 1. The molecule has 0 bridgehead atoms. The second kappa shape index (κ2) is 6.26. The van der Waals surface area contributed by atoms with Gasteiger partial charge in [0, 0.05) is 17.5 Å². The number of halogens is 1. The van der Waals surface area contributed by atoms with Crippen molar-refractivity contribution in [1.82, 2.24) is 0 Å². The lowest BCUT2D eigenvalue weighted by atomic mass is 10.1. The predicted octanol–water partition coefficient (Wildman–Crippen LogP) is 3.56. The summed E-state index contributed by atoms with van der Waals surface area (Å²) in [4.78, 5) is 0. The van der Waals surface area contributed by atoms with Gasteiger partial charge in [-0.05, 0) is 29.2 Å². The van der Waals surface area contributed by atoms with Crippen molar-refractivity contribution in [3.8, 4) is 0 Å². The summed E-state index contributed by atoms with van der Waals surface area (Å²) in [5.74, 6) is 1.31. The molecular formula is C13H20FNS. The molecule has 3 heteroatoms. The molecule has 2 N–H and O–H groups in total. The van der Waals surface area contributed by atoms with E-state index in [0.29, 0.717) is 17.7 Å². The second-order valence-corrected chi connectivity index (χ2v) is 5.80. The van der Waals surface area contributed by atoms with Gasteiger partial charge in [-0.1, -0.05) is 26.8 Å². The molecule has 0 amide bonds. The van der Waals surface area contributed by atoms with Crippen LogP contribution < -0.4 is 5.73 Å². The molecule has 1 aromatic rings. The van der Waals surface area contributed by atoms with E-state index in [1.54, 1.807) is 6.07 Å². The summed E-state index contributed by atoms with van der Waals surface area (Å²) >= 11 is 1.86. The van der Waals surface area contributed by atoms with Crippen LogP contribution in [0.25, 0.3) is 0 Å². The molecule has 1 aromatic carbocycles. The molecule has 1 atom stereocenters. The van der Waals surface area contributed by atoms with Crippen LogP contribution in [0.3, 0.4) is 0 Å². The van der Waals surface area contributed by atoms with Gasteiger partial charge in [-0.2, -0.15) is 11.8 Å². The Bertz CT molecular complexity index is 339. The zero-order valence-electron chi connectivity index (χ0n) is 10.2. The van der Waals surface area contributed by atoms with Gasteiger partial charge in [-0.3, -0.25) is 0 Å². The van der Waals surface area contributed by atoms with Crippen molar-refractivity contribution in [2.24, 2.45) is 11.7 Å². The third kappa shape index (κ3) is 4.14. The lowest BCUT2D eigenvalue weighted by molar-refractivity contribution is 0.623. The van der Waals surface area contributed by atoms with Crippen LogP contribution >= 0.6 is 11.8 Å². The Labute approximate surface area is 102 Å². The molecule has 0 aromatic heterocycles. The van der Waals surface area contributed by atoms with E-state index in [1.165, 1.54) is 6.07 Å². The van der Waals surface area contributed by atoms with Gasteiger partial charge < -0.3 is 5.73 Å². The molecule has 16 heavy (non-hydrogen) atoms. The largest absolute Gasteiger partial charge is 0.326 e. The molecule has 0 saturated carbocycles. The molecule has 0 aliphatic carbocycles. The standard InChI is InChI=1S/C13H20FNS/c1-9(2)10(3)16-8-12-4-11(7-15)5-13(14)6-12/h4-6,9-10H,7-8,15H2,1-3H3. The number of rotatable bonds is 5. The van der Waals surface area contributed by atoms with E-state index in [1.807, 2.05) is 17.8 Å². The first-order valence-corrected chi connectivity index (χ1v) is 6.67. The molecule has 1 rings (SSSR count). The third-order valence-corrected chi connectivity index (χ3v) is 4.27. The first-order valence-electron chi connectivity index (χ1n) is 5.63. The molecule has 0 aliphatic heterocycles. The number of thioether (sulfide) groups is 1. The molecule has 1 unspecified atom stereocenters. The Morgan fingerprint density at radius 3 is 2.38 bits per heavy atom. The minimum absolute atomic E-state index is 0.184. The lowest BCUT2D eigenvalue weighted by Gasteiger charge is -2.15. The molecule has 90 valence electrons. The zero-order chi connectivity index (χ0) is 12.1. The van der Waals surface area contributed by atoms with Gasteiger partial charge in [0.2, 0.25) is 0 Å². The van der Waals surface area contributed by atoms with Crippen molar-refractivity contribution in [3.05, 3.63) is 35.1 Å². The fraction of sp³-hybridized carbons (Fsp3) is 0.538. The van der Waals surface area contributed by atoms with Crippen molar-refractivity contribution < 1.29 is 4.39 Å². The smallest absolute Gasteiger partial charge is 0.123 e. The third-order valence-electron chi connectivity index (χ3n) is 2.70. The second-order valence-electron chi connectivity index (χ2n) is 4.43. The summed E-state index contributed by atoms with van der Waals surface area (Å²) < 4.78 is 13.2. The molecule has 0 spiro atoms. The number of hydrogen-bond donors (Lipinski definition) is 1. The normalized spacial score (nSPS) is 13.1. The fourth-order valence-corrected chi connectivity index (χ4v) is 2.35. The summed E-state index contributed by atoms with van der Waals surface area (Å²) in [5, 5.41) is 0.588. The van der Waals surface area contributed by atoms with E-state index in [0.717, 1.165) is 16.9 Å². The average molecular weight is 241 g/mol. The van der Waals surface area contributed by atoms with E-state index in [2.05, 4.69) is 20.8 Å². The van der Waals surface area contributed by atoms with Crippen LogP contribution in [0.5, 0.6) is 0 Å². The van der Waals surface area contributed by atoms with Gasteiger partial charge in [0.1, 0.15) is 5.82 Å². The highest BCUT2D eigenvalue weighted by atomic mass is 32.2. The van der Waals surface area contributed by atoms with E-state index in [9.17, 15) is 4.39 Å². The fourth-order valence-electron chi connectivity index (χ4n) is 1.34. The first kappa shape index (κ1) is 13.5. The van der Waals surface area contributed by atoms with Gasteiger partial charge in [-0.25, -0.2) is 4.39 Å². The van der Waals surface area contributed by atoms with Crippen LogP contribution in [0, 0.1) is 11.7 Å². The maximum Gasteiger partial charge on any atom is 0.123 e. The van der Waals surface area contributed by atoms with Crippen molar-refractivity contribution >= 4 is 11.8 Å². The Balaban J connectivity index is 2.63. The zero-order valence-corrected chi connectivity index (χ0v) is 11.0. The molecule has 0 heterocycles. The molecule has 0 saturated heterocycles. The van der Waals surface area contributed by atoms with Crippen molar-refractivity contribution in [1.29, 1.82) is 0 Å². The quantitative estimate of drug-likeness (QED) is 0.853. The molecule has 0 aliphatic rings. The Morgan fingerprint density at radius 2 is 1.81 bits per heavy atom. The molecule has 0 radical (unpaired) electrons. The molecule has 0 fully saturated rings. The Morgan fingerprint density at radius 1 is 1.19 bits per heavy atom. The molecular weight excluding hydrogens is 221 g/mol. The highest BCUT2D eigenvalue weighted by molar-refractivity contribution is 7.99. The SMILES string of the molecule is CC(C)C(C)SCc1cc(F)cc(CN)c1. The number of benzene rings is 1. The lowest BCUT2D eigenvalue weighted by Crippen LogP contribution is -2.06. The van der Waals surface area contributed by atoms with Crippen LogP contribution in [0.4, 0.5) is 4.39 Å². The van der Waals surface area contributed by atoms with Crippen LogP contribution in [0.2, 0.25) is 0 Å². The van der Waals surface area contributed by atoms with Crippen LogP contribution in [0.1, 0.15) is 31.9 Å². The van der Waals surface area contributed by atoms with Gasteiger partial charge in [0.25, 0.3) is 0 Å². The minimum Gasteiger partial charge on any atom is -0.326 e. The van der Waals surface area contributed by atoms with E-state index >= 15 is 0 Å². The maximum absolute atomic E-state index is 13.2. The van der Waals surface area contributed by atoms with E-state index in [4.69, 9.17) is 5.73 Å². The van der Waals surface area contributed by atoms with Gasteiger partial charge >= 0.3 is 0 Å². The van der Waals surface area contributed by atoms with Gasteiger partial charge in [0.15, 0.2) is 0 Å². The summed E-state index contributed by atoms with van der Waals surface area (Å²) in [5.41, 5.74) is 7.41. The topological polar surface area (TPSA) is 26.0 Å². The first-order chi connectivity index (χ1) is 7.52. The van der Waals surface area contributed by atoms with Crippen LogP contribution in [0.15, 0.2) is 18.2 Å². The van der Waals surface area contributed by atoms with Crippen molar-refractivity contribution in [2.75, 3.05) is 0 Å². The summed E-state index contributed by atoms with van der Waals surface area (Å²) in [6.07, 6.45) is 0. The van der Waals surface area contributed by atoms with Crippen LogP contribution in [-0.2, 0) is 12.3 Å². The monoisotopic (exact) mass is 241 g/mol. The predicted molar refractivity (Wildman–Crippen MR) is 69.9 cm³/mol. The maximum atomic E-state index is 13.2. The average Bonchev–Trinajstić information content (AvgIpc) is 2.24. The summed E-state index contributed by atoms with van der Waals surface area (Å²) in [7, 11) is 0. The number of hydrogen-bond acceptors (Lipinski definition) is 2. The minimum atomic E-state index is -0.184. The van der Waals surface area contributed by atoms with E-state index in [-0.39, 0.29) is 5.82 Å². The highest BCUT2D eigenvalue weighted by Crippen LogP contribution is 2.24. The summed E-state index contributed by atoms with van der Waals surface area (Å²) in [6.45, 7) is 7.01. The van der Waals surface area contributed by atoms with E-state index < -0.39 is 0 Å². The Kier molecular flexibility index (Phi) is 5.29.